The Bertz CT molecular complexity index is 837. The molecule has 0 aromatic heterocycles. The summed E-state index contributed by atoms with van der Waals surface area (Å²) in [6, 6.07) is 8.11. The fourth-order valence-corrected chi connectivity index (χ4v) is 2.28. The molecule has 1 aromatic rings. The van der Waals surface area contributed by atoms with Crippen LogP contribution in [0.15, 0.2) is 53.3 Å². The van der Waals surface area contributed by atoms with Crippen molar-refractivity contribution in [3.63, 3.8) is 0 Å². The van der Waals surface area contributed by atoms with Crippen LogP contribution in [0.3, 0.4) is 0 Å². The number of nitrogens with zero attached hydrogens (tertiary/aromatic N) is 2. The highest BCUT2D eigenvalue weighted by molar-refractivity contribution is 5.46. The van der Waals surface area contributed by atoms with E-state index in [1.54, 1.807) is 18.2 Å². The van der Waals surface area contributed by atoms with E-state index in [1.807, 2.05) is 6.07 Å². The predicted octanol–water partition coefficient (Wildman–Crippen LogP) is 3.85. The summed E-state index contributed by atoms with van der Waals surface area (Å²) >= 11 is 0. The number of aliphatic hydroxyl groups excluding tert-OH is 1. The van der Waals surface area contributed by atoms with Gasteiger partial charge in [-0.2, -0.15) is 23.7 Å². The molecule has 1 aromatic carbocycles. The number of benzene rings is 1. The van der Waals surface area contributed by atoms with Gasteiger partial charge in [-0.15, -0.1) is 0 Å². The lowest BCUT2D eigenvalue weighted by atomic mass is 10.1. The van der Waals surface area contributed by atoms with Crippen LogP contribution in [-0.4, -0.2) is 11.3 Å². The number of aliphatic hydroxyl groups is 1. The fourth-order valence-electron chi connectivity index (χ4n) is 2.28. The Morgan fingerprint density at radius 2 is 2.00 bits per heavy atom. The van der Waals surface area contributed by atoms with Gasteiger partial charge in [0, 0.05) is 17.6 Å². The van der Waals surface area contributed by atoms with Gasteiger partial charge in [-0.05, 0) is 29.8 Å². The van der Waals surface area contributed by atoms with Crippen LogP contribution in [0.1, 0.15) is 17.5 Å². The minimum absolute atomic E-state index is 0.0222. The molecule has 0 saturated carbocycles. The van der Waals surface area contributed by atoms with E-state index in [9.17, 15) is 13.2 Å². The van der Waals surface area contributed by atoms with E-state index in [2.05, 4.69) is 0 Å². The molecule has 7 heteroatoms. The first-order chi connectivity index (χ1) is 11.9. The minimum atomic E-state index is -4.68. The first kappa shape index (κ1) is 18.3. The summed E-state index contributed by atoms with van der Waals surface area (Å²) < 4.78 is 45.0. The molecular weight excluding hydrogens is 333 g/mol. The molecule has 2 rings (SSSR count). The third-order valence-corrected chi connectivity index (χ3v) is 3.46. The summed E-state index contributed by atoms with van der Waals surface area (Å²) in [6.07, 6.45) is -1.31. The zero-order chi connectivity index (χ0) is 18.4. The highest BCUT2D eigenvalue weighted by Crippen LogP contribution is 2.34. The van der Waals surface area contributed by atoms with Gasteiger partial charge in [-0.1, -0.05) is 12.1 Å². The normalized spacial score (nSPS) is 14.4. The molecule has 0 fully saturated rings. The Hall–Kier alpha value is -3.03. The van der Waals surface area contributed by atoms with Crippen LogP contribution in [0.2, 0.25) is 0 Å². The van der Waals surface area contributed by atoms with Gasteiger partial charge < -0.3 is 9.84 Å². The van der Waals surface area contributed by atoms with E-state index in [-0.39, 0.29) is 31.0 Å². The largest absolute Gasteiger partial charge is 0.457 e. The van der Waals surface area contributed by atoms with Crippen molar-refractivity contribution in [2.75, 3.05) is 0 Å². The van der Waals surface area contributed by atoms with E-state index in [0.717, 1.165) is 6.08 Å². The molecule has 0 amide bonds. The molecule has 0 bridgehead atoms. The number of alkyl halides is 3. The van der Waals surface area contributed by atoms with Crippen LogP contribution in [-0.2, 0) is 13.0 Å². The second-order valence-corrected chi connectivity index (χ2v) is 5.19. The summed E-state index contributed by atoms with van der Waals surface area (Å²) in [5, 5.41) is 27.0. The van der Waals surface area contributed by atoms with E-state index >= 15 is 0 Å². The van der Waals surface area contributed by atoms with Crippen LogP contribution in [0.5, 0.6) is 5.75 Å². The van der Waals surface area contributed by atoms with Crippen LogP contribution in [0.25, 0.3) is 0 Å². The summed E-state index contributed by atoms with van der Waals surface area (Å²) in [4.78, 5) is 0. The molecule has 0 spiro atoms. The topological polar surface area (TPSA) is 77.0 Å². The van der Waals surface area contributed by atoms with Gasteiger partial charge in [0.25, 0.3) is 0 Å². The minimum Gasteiger partial charge on any atom is -0.457 e. The average molecular weight is 346 g/mol. The van der Waals surface area contributed by atoms with Crippen LogP contribution in [0, 0.1) is 22.7 Å². The number of rotatable bonds is 4. The Balaban J connectivity index is 2.43. The predicted molar refractivity (Wildman–Crippen MR) is 82.8 cm³/mol. The molecule has 0 radical (unpaired) electrons. The highest BCUT2D eigenvalue weighted by atomic mass is 19.4. The molecule has 1 aliphatic carbocycles. The van der Waals surface area contributed by atoms with Crippen molar-refractivity contribution < 1.29 is 23.0 Å². The maximum Gasteiger partial charge on any atom is 0.417 e. The maximum absolute atomic E-state index is 13.2. The van der Waals surface area contributed by atoms with Crippen molar-refractivity contribution in [2.45, 2.75) is 25.6 Å². The van der Waals surface area contributed by atoms with Gasteiger partial charge in [-0.25, -0.2) is 0 Å². The van der Waals surface area contributed by atoms with Crippen molar-refractivity contribution in [2.24, 2.45) is 0 Å². The molecule has 0 atom stereocenters. The number of halogens is 3. The van der Waals surface area contributed by atoms with E-state index < -0.39 is 17.3 Å². The maximum atomic E-state index is 13.2. The highest BCUT2D eigenvalue weighted by Gasteiger charge is 2.35. The third kappa shape index (κ3) is 4.50. The van der Waals surface area contributed by atoms with Crippen molar-refractivity contribution in [1.29, 1.82) is 10.5 Å². The zero-order valence-corrected chi connectivity index (χ0v) is 13.0. The van der Waals surface area contributed by atoms with Crippen molar-refractivity contribution in [1.82, 2.24) is 0 Å². The lowest BCUT2D eigenvalue weighted by Crippen LogP contribution is -2.13. The molecule has 4 nitrogen and oxygen atoms in total. The quantitative estimate of drug-likeness (QED) is 0.898. The molecule has 1 N–H and O–H groups in total. The van der Waals surface area contributed by atoms with Crippen molar-refractivity contribution >= 4 is 0 Å². The first-order valence-corrected chi connectivity index (χ1v) is 7.25. The molecule has 0 saturated heterocycles. The van der Waals surface area contributed by atoms with Crippen LogP contribution < -0.4 is 4.74 Å². The number of ether oxygens (including phenoxy) is 1. The van der Waals surface area contributed by atoms with Gasteiger partial charge in [-0.3, -0.25) is 0 Å². The number of nitriles is 2. The number of hydrogen-bond acceptors (Lipinski definition) is 4. The monoisotopic (exact) mass is 346 g/mol. The SMILES string of the molecule is N#CCc1cc(CO)ccc1OC1=CC(C(F)(F)F)=C(C#N)CC=C1. The lowest BCUT2D eigenvalue weighted by molar-refractivity contribution is -0.0889. The molecule has 25 heavy (non-hydrogen) atoms. The molecule has 1 aliphatic rings. The first-order valence-electron chi connectivity index (χ1n) is 7.25. The van der Waals surface area contributed by atoms with Crippen LogP contribution >= 0.6 is 0 Å². The van der Waals surface area contributed by atoms with E-state index in [0.29, 0.717) is 11.1 Å². The standard InChI is InChI=1S/C18H13F3N2O2/c19-18(20,21)16-9-15(3-1-2-14(16)10-23)25-17-5-4-12(11-24)8-13(17)6-7-22/h1,3-5,8-9,24H,2,6,11H2. The summed E-state index contributed by atoms with van der Waals surface area (Å²) in [5.41, 5.74) is -0.435. The molecule has 0 unspecified atom stereocenters. The Morgan fingerprint density at radius 3 is 2.60 bits per heavy atom. The van der Waals surface area contributed by atoms with Gasteiger partial charge in [0.05, 0.1) is 30.7 Å². The lowest BCUT2D eigenvalue weighted by Gasteiger charge is -2.13. The van der Waals surface area contributed by atoms with Gasteiger partial charge in [0.15, 0.2) is 0 Å². The number of allylic oxidation sites excluding steroid dienone is 5. The molecule has 0 heterocycles. The Kier molecular flexibility index (Phi) is 5.63. The van der Waals surface area contributed by atoms with Crippen molar-refractivity contribution in [3.8, 4) is 17.9 Å². The fraction of sp³-hybridized carbons (Fsp3) is 0.222. The van der Waals surface area contributed by atoms with Gasteiger partial charge in [0.1, 0.15) is 11.5 Å². The Morgan fingerprint density at radius 1 is 1.24 bits per heavy atom. The summed E-state index contributed by atoms with van der Waals surface area (Å²) in [5.74, 6) is 0.130. The second-order valence-electron chi connectivity index (χ2n) is 5.19. The smallest absolute Gasteiger partial charge is 0.417 e. The molecule has 0 aliphatic heterocycles. The second kappa shape index (κ2) is 7.69. The van der Waals surface area contributed by atoms with Gasteiger partial charge >= 0.3 is 6.18 Å². The third-order valence-electron chi connectivity index (χ3n) is 3.46. The zero-order valence-electron chi connectivity index (χ0n) is 13.0. The van der Waals surface area contributed by atoms with Crippen LogP contribution in [0.4, 0.5) is 13.2 Å². The summed E-state index contributed by atoms with van der Waals surface area (Å²) in [6.45, 7) is -0.228. The average Bonchev–Trinajstić information content (AvgIpc) is 2.78. The van der Waals surface area contributed by atoms with Crippen molar-refractivity contribution in [3.05, 3.63) is 64.5 Å². The molecule has 128 valence electrons. The summed E-state index contributed by atoms with van der Waals surface area (Å²) in [7, 11) is 0. The van der Waals surface area contributed by atoms with E-state index in [4.69, 9.17) is 20.4 Å². The van der Waals surface area contributed by atoms with E-state index in [1.165, 1.54) is 18.2 Å². The molecular formula is C18H13F3N2O2. The Labute approximate surface area is 142 Å². The van der Waals surface area contributed by atoms with Gasteiger partial charge in [0.2, 0.25) is 0 Å². The number of hydrogen-bond donors (Lipinski definition) is 1.